The van der Waals surface area contributed by atoms with Gasteiger partial charge in [-0.05, 0) is 38.4 Å². The standard InChI is InChI=1S/C12H16FNO/c1-9-11(13)5-2-6-12(9)15-10-4-3-7-14-8-10/h2,5-6,10,14H,3-4,7-8H2,1H3. The van der Waals surface area contributed by atoms with Gasteiger partial charge in [-0.25, -0.2) is 4.39 Å². The van der Waals surface area contributed by atoms with Crippen molar-refractivity contribution in [2.75, 3.05) is 13.1 Å². The van der Waals surface area contributed by atoms with Gasteiger partial charge in [-0.3, -0.25) is 0 Å². The molecule has 2 nitrogen and oxygen atoms in total. The monoisotopic (exact) mass is 209 g/mol. The van der Waals surface area contributed by atoms with E-state index in [1.807, 2.05) is 6.07 Å². The summed E-state index contributed by atoms with van der Waals surface area (Å²) in [6.07, 6.45) is 2.35. The number of nitrogens with one attached hydrogen (secondary N) is 1. The SMILES string of the molecule is Cc1c(F)cccc1OC1CCCNC1. The van der Waals surface area contributed by atoms with Crippen LogP contribution in [0, 0.1) is 12.7 Å². The van der Waals surface area contributed by atoms with Crippen LogP contribution < -0.4 is 10.1 Å². The zero-order valence-corrected chi connectivity index (χ0v) is 8.92. The fourth-order valence-electron chi connectivity index (χ4n) is 1.82. The third kappa shape index (κ3) is 2.48. The maximum atomic E-state index is 13.2. The highest BCUT2D eigenvalue weighted by Gasteiger charge is 2.15. The third-order valence-corrected chi connectivity index (χ3v) is 2.76. The van der Waals surface area contributed by atoms with Crippen molar-refractivity contribution in [3.8, 4) is 5.75 Å². The van der Waals surface area contributed by atoms with E-state index in [0.717, 1.165) is 25.9 Å². The Bertz CT molecular complexity index is 334. The first-order valence-corrected chi connectivity index (χ1v) is 5.40. The zero-order chi connectivity index (χ0) is 10.7. The summed E-state index contributed by atoms with van der Waals surface area (Å²) in [5.41, 5.74) is 0.600. The van der Waals surface area contributed by atoms with Crippen molar-refractivity contribution in [3.63, 3.8) is 0 Å². The molecule has 0 bridgehead atoms. The maximum Gasteiger partial charge on any atom is 0.129 e. The molecule has 1 heterocycles. The molecule has 0 radical (unpaired) electrons. The molecule has 1 aliphatic heterocycles. The Balaban J connectivity index is 2.06. The number of hydrogen-bond acceptors (Lipinski definition) is 2. The summed E-state index contributed by atoms with van der Waals surface area (Å²) in [5, 5.41) is 3.27. The van der Waals surface area contributed by atoms with Gasteiger partial charge in [0.15, 0.2) is 0 Å². The molecular weight excluding hydrogens is 193 g/mol. The Kier molecular flexibility index (Phi) is 3.21. The number of hydrogen-bond donors (Lipinski definition) is 1. The van der Waals surface area contributed by atoms with Crippen molar-refractivity contribution >= 4 is 0 Å². The van der Waals surface area contributed by atoms with Crippen LogP contribution in [0.25, 0.3) is 0 Å². The Hall–Kier alpha value is -1.09. The van der Waals surface area contributed by atoms with E-state index in [2.05, 4.69) is 5.32 Å². The van der Waals surface area contributed by atoms with E-state index in [1.54, 1.807) is 13.0 Å². The molecule has 82 valence electrons. The first-order valence-electron chi connectivity index (χ1n) is 5.40. The molecule has 1 fully saturated rings. The predicted octanol–water partition coefficient (Wildman–Crippen LogP) is 2.26. The second-order valence-corrected chi connectivity index (χ2v) is 3.95. The predicted molar refractivity (Wildman–Crippen MR) is 57.7 cm³/mol. The van der Waals surface area contributed by atoms with E-state index in [9.17, 15) is 4.39 Å². The second kappa shape index (κ2) is 4.62. The lowest BCUT2D eigenvalue weighted by atomic mass is 10.1. The van der Waals surface area contributed by atoms with Gasteiger partial charge in [-0.2, -0.15) is 0 Å². The summed E-state index contributed by atoms with van der Waals surface area (Å²) < 4.78 is 19.0. The van der Waals surface area contributed by atoms with E-state index in [1.165, 1.54) is 6.07 Å². The van der Waals surface area contributed by atoms with Gasteiger partial charge < -0.3 is 10.1 Å². The molecule has 0 spiro atoms. The molecule has 15 heavy (non-hydrogen) atoms. The normalized spacial score (nSPS) is 21.3. The minimum atomic E-state index is -0.198. The van der Waals surface area contributed by atoms with E-state index in [4.69, 9.17) is 4.74 Å². The van der Waals surface area contributed by atoms with Crippen LogP contribution in [0.5, 0.6) is 5.75 Å². The fourth-order valence-corrected chi connectivity index (χ4v) is 1.82. The zero-order valence-electron chi connectivity index (χ0n) is 8.92. The Morgan fingerprint density at radius 2 is 2.33 bits per heavy atom. The molecule has 1 aliphatic rings. The Morgan fingerprint density at radius 3 is 3.07 bits per heavy atom. The summed E-state index contributed by atoms with van der Waals surface area (Å²) in [5.74, 6) is 0.472. The van der Waals surface area contributed by atoms with Crippen LogP contribution >= 0.6 is 0 Å². The highest BCUT2D eigenvalue weighted by molar-refractivity contribution is 5.33. The highest BCUT2D eigenvalue weighted by Crippen LogP contribution is 2.22. The smallest absolute Gasteiger partial charge is 0.129 e. The molecule has 1 aromatic carbocycles. The van der Waals surface area contributed by atoms with Crippen molar-refractivity contribution in [1.82, 2.24) is 5.32 Å². The highest BCUT2D eigenvalue weighted by atomic mass is 19.1. The summed E-state index contributed by atoms with van der Waals surface area (Å²) >= 11 is 0. The summed E-state index contributed by atoms with van der Waals surface area (Å²) in [7, 11) is 0. The van der Waals surface area contributed by atoms with Crippen molar-refractivity contribution in [1.29, 1.82) is 0 Å². The van der Waals surface area contributed by atoms with Crippen LogP contribution in [-0.4, -0.2) is 19.2 Å². The minimum absolute atomic E-state index is 0.180. The van der Waals surface area contributed by atoms with Crippen LogP contribution in [-0.2, 0) is 0 Å². The average Bonchev–Trinajstić information content (AvgIpc) is 2.26. The summed E-state index contributed by atoms with van der Waals surface area (Å²) in [4.78, 5) is 0. The maximum absolute atomic E-state index is 13.2. The van der Waals surface area contributed by atoms with Crippen molar-refractivity contribution in [2.45, 2.75) is 25.9 Å². The molecular formula is C12H16FNO. The Labute approximate surface area is 89.4 Å². The molecule has 0 amide bonds. The molecule has 3 heteroatoms. The molecule has 0 aromatic heterocycles. The number of benzene rings is 1. The quantitative estimate of drug-likeness (QED) is 0.806. The van der Waals surface area contributed by atoms with E-state index < -0.39 is 0 Å². The van der Waals surface area contributed by atoms with Gasteiger partial charge >= 0.3 is 0 Å². The lowest BCUT2D eigenvalue weighted by Crippen LogP contribution is -2.37. The van der Waals surface area contributed by atoms with E-state index in [-0.39, 0.29) is 11.9 Å². The lowest BCUT2D eigenvalue weighted by Gasteiger charge is -2.24. The van der Waals surface area contributed by atoms with Gasteiger partial charge in [0.2, 0.25) is 0 Å². The van der Waals surface area contributed by atoms with E-state index >= 15 is 0 Å². The molecule has 1 atom stereocenters. The van der Waals surface area contributed by atoms with Gasteiger partial charge in [0.1, 0.15) is 17.7 Å². The second-order valence-electron chi connectivity index (χ2n) is 3.95. The lowest BCUT2D eigenvalue weighted by molar-refractivity contribution is 0.165. The van der Waals surface area contributed by atoms with Gasteiger partial charge in [-0.1, -0.05) is 6.07 Å². The molecule has 1 N–H and O–H groups in total. The van der Waals surface area contributed by atoms with Gasteiger partial charge in [0.05, 0.1) is 0 Å². The van der Waals surface area contributed by atoms with Crippen LogP contribution in [0.2, 0.25) is 0 Å². The number of rotatable bonds is 2. The van der Waals surface area contributed by atoms with Crippen molar-refractivity contribution in [3.05, 3.63) is 29.6 Å². The number of piperidine rings is 1. The molecule has 0 aliphatic carbocycles. The van der Waals surface area contributed by atoms with Crippen molar-refractivity contribution < 1.29 is 9.13 Å². The van der Waals surface area contributed by atoms with Crippen LogP contribution in [0.1, 0.15) is 18.4 Å². The molecule has 0 saturated carbocycles. The van der Waals surface area contributed by atoms with Crippen LogP contribution in [0.15, 0.2) is 18.2 Å². The fraction of sp³-hybridized carbons (Fsp3) is 0.500. The average molecular weight is 209 g/mol. The van der Waals surface area contributed by atoms with Gasteiger partial charge in [-0.15, -0.1) is 0 Å². The summed E-state index contributed by atoms with van der Waals surface area (Å²) in [6.45, 7) is 3.67. The third-order valence-electron chi connectivity index (χ3n) is 2.76. The van der Waals surface area contributed by atoms with E-state index in [0.29, 0.717) is 11.3 Å². The molecule has 1 saturated heterocycles. The molecule has 1 unspecified atom stereocenters. The van der Waals surface area contributed by atoms with Crippen molar-refractivity contribution in [2.24, 2.45) is 0 Å². The number of ether oxygens (including phenoxy) is 1. The molecule has 1 aromatic rings. The first-order chi connectivity index (χ1) is 7.27. The Morgan fingerprint density at radius 1 is 1.47 bits per heavy atom. The van der Waals surface area contributed by atoms with Crippen LogP contribution in [0.4, 0.5) is 4.39 Å². The minimum Gasteiger partial charge on any atom is -0.489 e. The van der Waals surface area contributed by atoms with Gasteiger partial charge in [0.25, 0.3) is 0 Å². The topological polar surface area (TPSA) is 21.3 Å². The molecule has 2 rings (SSSR count). The van der Waals surface area contributed by atoms with Crippen LogP contribution in [0.3, 0.4) is 0 Å². The number of halogens is 1. The summed E-state index contributed by atoms with van der Waals surface area (Å²) in [6, 6.07) is 4.97. The van der Waals surface area contributed by atoms with Gasteiger partial charge in [0, 0.05) is 12.1 Å². The largest absolute Gasteiger partial charge is 0.489 e. The first kappa shape index (κ1) is 10.4.